The Labute approximate surface area is 101 Å². The van der Waals surface area contributed by atoms with Crippen LogP contribution in [0.2, 0.25) is 0 Å². The van der Waals surface area contributed by atoms with E-state index in [1.54, 1.807) is 0 Å². The Balaban J connectivity index is 3.66. The Kier molecular flexibility index (Phi) is 10.3. The number of unbranched alkanes of at least 4 members (excludes halogenated alkanes) is 4. The standard InChI is InChI=1S/C13H29N3/c1-5-7-9-10-11-15-13(14-3)16(4)12-8-6-2/h5-12H2,1-4H3,(H,14,15). The molecule has 0 radical (unpaired) electrons. The summed E-state index contributed by atoms with van der Waals surface area (Å²) in [5.41, 5.74) is 0. The van der Waals surface area contributed by atoms with Crippen molar-refractivity contribution in [2.75, 3.05) is 27.2 Å². The van der Waals surface area contributed by atoms with Crippen molar-refractivity contribution in [1.82, 2.24) is 10.2 Å². The minimum atomic E-state index is 1.03. The molecule has 1 N–H and O–H groups in total. The highest BCUT2D eigenvalue weighted by molar-refractivity contribution is 5.79. The second kappa shape index (κ2) is 10.8. The number of rotatable bonds is 8. The molecule has 0 aromatic carbocycles. The zero-order valence-corrected chi connectivity index (χ0v) is 11.6. The van der Waals surface area contributed by atoms with Crippen LogP contribution >= 0.6 is 0 Å². The topological polar surface area (TPSA) is 27.6 Å². The van der Waals surface area contributed by atoms with E-state index in [1.807, 2.05) is 7.05 Å². The molecule has 0 amide bonds. The van der Waals surface area contributed by atoms with Gasteiger partial charge in [0.1, 0.15) is 0 Å². The maximum atomic E-state index is 4.29. The first-order chi connectivity index (χ1) is 7.76. The van der Waals surface area contributed by atoms with E-state index in [1.165, 1.54) is 38.5 Å². The molecule has 96 valence electrons. The molecule has 0 aliphatic rings. The van der Waals surface area contributed by atoms with Crippen molar-refractivity contribution in [3.63, 3.8) is 0 Å². The number of nitrogens with one attached hydrogen (secondary N) is 1. The molecule has 0 bridgehead atoms. The molecule has 3 heteroatoms. The monoisotopic (exact) mass is 227 g/mol. The minimum absolute atomic E-state index is 1.03. The molecule has 0 aromatic heterocycles. The summed E-state index contributed by atoms with van der Waals surface area (Å²) < 4.78 is 0. The van der Waals surface area contributed by atoms with Crippen LogP contribution in [-0.4, -0.2) is 38.0 Å². The molecule has 0 aromatic rings. The van der Waals surface area contributed by atoms with Gasteiger partial charge in [-0.1, -0.05) is 39.5 Å². The molecular weight excluding hydrogens is 198 g/mol. The molecule has 0 fully saturated rings. The predicted octanol–water partition coefficient (Wildman–Crippen LogP) is 2.87. The second-order valence-corrected chi connectivity index (χ2v) is 4.31. The van der Waals surface area contributed by atoms with Crippen molar-refractivity contribution in [3.05, 3.63) is 0 Å². The zero-order valence-electron chi connectivity index (χ0n) is 11.6. The summed E-state index contributed by atoms with van der Waals surface area (Å²) in [6, 6.07) is 0. The molecule has 0 spiro atoms. The van der Waals surface area contributed by atoms with Crippen LogP contribution in [-0.2, 0) is 0 Å². The van der Waals surface area contributed by atoms with Crippen LogP contribution in [0.1, 0.15) is 52.4 Å². The minimum Gasteiger partial charge on any atom is -0.356 e. The van der Waals surface area contributed by atoms with Crippen molar-refractivity contribution in [1.29, 1.82) is 0 Å². The molecule has 0 saturated carbocycles. The Morgan fingerprint density at radius 3 is 2.31 bits per heavy atom. The maximum absolute atomic E-state index is 4.29. The SMILES string of the molecule is CCCCCCNC(=NC)N(C)CCCC. The zero-order chi connectivity index (χ0) is 12.2. The number of guanidine groups is 1. The smallest absolute Gasteiger partial charge is 0.193 e. The van der Waals surface area contributed by atoms with Gasteiger partial charge in [-0.15, -0.1) is 0 Å². The lowest BCUT2D eigenvalue weighted by molar-refractivity contribution is 0.463. The lowest BCUT2D eigenvalue weighted by Crippen LogP contribution is -2.39. The molecular formula is C13H29N3. The second-order valence-electron chi connectivity index (χ2n) is 4.31. The summed E-state index contributed by atoms with van der Waals surface area (Å²) in [5.74, 6) is 1.03. The van der Waals surface area contributed by atoms with E-state index in [2.05, 4.69) is 36.1 Å². The van der Waals surface area contributed by atoms with Gasteiger partial charge in [-0.2, -0.15) is 0 Å². The van der Waals surface area contributed by atoms with Gasteiger partial charge < -0.3 is 10.2 Å². The Bertz CT molecular complexity index is 178. The van der Waals surface area contributed by atoms with E-state index in [4.69, 9.17) is 0 Å². The molecule has 0 rings (SSSR count). The number of aliphatic imine (C=N–C) groups is 1. The Morgan fingerprint density at radius 2 is 1.75 bits per heavy atom. The predicted molar refractivity (Wildman–Crippen MR) is 73.0 cm³/mol. The third-order valence-corrected chi connectivity index (χ3v) is 2.73. The van der Waals surface area contributed by atoms with E-state index in [9.17, 15) is 0 Å². The van der Waals surface area contributed by atoms with Crippen LogP contribution in [0.4, 0.5) is 0 Å². The molecule has 0 unspecified atom stereocenters. The Hall–Kier alpha value is -0.730. The van der Waals surface area contributed by atoms with Crippen molar-refractivity contribution >= 4 is 5.96 Å². The van der Waals surface area contributed by atoms with Crippen LogP contribution in [0.25, 0.3) is 0 Å². The molecule has 0 heterocycles. The summed E-state index contributed by atoms with van der Waals surface area (Å²) in [6.07, 6.45) is 7.66. The molecule has 0 atom stereocenters. The van der Waals surface area contributed by atoms with Gasteiger partial charge in [0.15, 0.2) is 5.96 Å². The summed E-state index contributed by atoms with van der Waals surface area (Å²) in [7, 11) is 3.97. The van der Waals surface area contributed by atoms with Crippen LogP contribution in [0.3, 0.4) is 0 Å². The normalized spacial score (nSPS) is 11.6. The number of hydrogen-bond donors (Lipinski definition) is 1. The highest BCUT2D eigenvalue weighted by Gasteiger charge is 2.03. The van der Waals surface area contributed by atoms with Gasteiger partial charge in [0.25, 0.3) is 0 Å². The quantitative estimate of drug-likeness (QED) is 0.392. The number of nitrogens with zero attached hydrogens (tertiary/aromatic N) is 2. The van der Waals surface area contributed by atoms with Gasteiger partial charge in [-0.05, 0) is 12.8 Å². The van der Waals surface area contributed by atoms with Gasteiger partial charge in [-0.3, -0.25) is 4.99 Å². The third-order valence-electron chi connectivity index (χ3n) is 2.73. The van der Waals surface area contributed by atoms with Gasteiger partial charge in [0.2, 0.25) is 0 Å². The van der Waals surface area contributed by atoms with Crippen molar-refractivity contribution in [2.45, 2.75) is 52.4 Å². The molecule has 0 aliphatic carbocycles. The van der Waals surface area contributed by atoms with E-state index in [-0.39, 0.29) is 0 Å². The van der Waals surface area contributed by atoms with Gasteiger partial charge in [0.05, 0.1) is 0 Å². The first kappa shape index (κ1) is 15.3. The van der Waals surface area contributed by atoms with E-state index in [0.29, 0.717) is 0 Å². The van der Waals surface area contributed by atoms with Crippen molar-refractivity contribution < 1.29 is 0 Å². The van der Waals surface area contributed by atoms with E-state index < -0.39 is 0 Å². The van der Waals surface area contributed by atoms with Crippen LogP contribution in [0.15, 0.2) is 4.99 Å². The largest absolute Gasteiger partial charge is 0.356 e. The first-order valence-corrected chi connectivity index (χ1v) is 6.68. The van der Waals surface area contributed by atoms with Crippen LogP contribution in [0, 0.1) is 0 Å². The van der Waals surface area contributed by atoms with Crippen LogP contribution < -0.4 is 5.32 Å². The van der Waals surface area contributed by atoms with Crippen molar-refractivity contribution in [3.8, 4) is 0 Å². The summed E-state index contributed by atoms with van der Waals surface area (Å²) in [5, 5.41) is 3.41. The van der Waals surface area contributed by atoms with E-state index >= 15 is 0 Å². The molecule has 0 saturated heterocycles. The lowest BCUT2D eigenvalue weighted by atomic mass is 10.2. The summed E-state index contributed by atoms with van der Waals surface area (Å²) in [6.45, 7) is 6.59. The van der Waals surface area contributed by atoms with E-state index in [0.717, 1.165) is 19.0 Å². The maximum Gasteiger partial charge on any atom is 0.193 e. The fourth-order valence-corrected chi connectivity index (χ4v) is 1.64. The van der Waals surface area contributed by atoms with Crippen molar-refractivity contribution in [2.24, 2.45) is 4.99 Å². The average molecular weight is 227 g/mol. The fourth-order valence-electron chi connectivity index (χ4n) is 1.64. The third kappa shape index (κ3) is 7.55. The molecule has 16 heavy (non-hydrogen) atoms. The Morgan fingerprint density at radius 1 is 1.06 bits per heavy atom. The van der Waals surface area contributed by atoms with Gasteiger partial charge in [-0.25, -0.2) is 0 Å². The van der Waals surface area contributed by atoms with Crippen LogP contribution in [0.5, 0.6) is 0 Å². The van der Waals surface area contributed by atoms with Gasteiger partial charge in [0, 0.05) is 27.2 Å². The highest BCUT2D eigenvalue weighted by atomic mass is 15.3. The summed E-state index contributed by atoms with van der Waals surface area (Å²) >= 11 is 0. The lowest BCUT2D eigenvalue weighted by Gasteiger charge is -2.21. The summed E-state index contributed by atoms with van der Waals surface area (Å²) in [4.78, 5) is 6.50. The number of hydrogen-bond acceptors (Lipinski definition) is 1. The fraction of sp³-hybridized carbons (Fsp3) is 0.923. The molecule has 0 aliphatic heterocycles. The first-order valence-electron chi connectivity index (χ1n) is 6.68. The highest BCUT2D eigenvalue weighted by Crippen LogP contribution is 1.98. The van der Waals surface area contributed by atoms with Gasteiger partial charge >= 0.3 is 0 Å². The average Bonchev–Trinajstić information content (AvgIpc) is 2.31. The molecule has 3 nitrogen and oxygen atoms in total.